The van der Waals surface area contributed by atoms with Crippen molar-refractivity contribution in [3.8, 4) is 0 Å². The number of pyridine rings is 1. The SMILES string of the molecule is CCCCNC(=O)NC(=O)COC(=O)c1c2c(nc3ccccc13)CCC2. The van der Waals surface area contributed by atoms with E-state index in [9.17, 15) is 14.4 Å². The normalized spacial score (nSPS) is 12.5. The highest BCUT2D eigenvalue weighted by Crippen LogP contribution is 2.30. The monoisotopic (exact) mass is 369 g/mol. The molecule has 0 aliphatic heterocycles. The van der Waals surface area contributed by atoms with E-state index in [1.165, 1.54) is 0 Å². The van der Waals surface area contributed by atoms with Crippen LogP contribution in [0, 0.1) is 0 Å². The number of nitrogens with zero attached hydrogens (tertiary/aromatic N) is 1. The average Bonchev–Trinajstić information content (AvgIpc) is 3.12. The number of aryl methyl sites for hydroxylation is 1. The predicted molar refractivity (Wildman–Crippen MR) is 100 cm³/mol. The van der Waals surface area contributed by atoms with Gasteiger partial charge in [0.1, 0.15) is 0 Å². The van der Waals surface area contributed by atoms with Gasteiger partial charge in [0.05, 0.1) is 11.1 Å². The van der Waals surface area contributed by atoms with Crippen LogP contribution in [0.25, 0.3) is 10.9 Å². The van der Waals surface area contributed by atoms with Crippen LogP contribution in [0.15, 0.2) is 24.3 Å². The first kappa shape index (κ1) is 18.8. The second-order valence-electron chi connectivity index (χ2n) is 6.52. The quantitative estimate of drug-likeness (QED) is 0.602. The summed E-state index contributed by atoms with van der Waals surface area (Å²) in [6, 6.07) is 6.82. The second-order valence-corrected chi connectivity index (χ2v) is 6.52. The fourth-order valence-electron chi connectivity index (χ4n) is 3.23. The highest BCUT2D eigenvalue weighted by atomic mass is 16.5. The highest BCUT2D eigenvalue weighted by molar-refractivity contribution is 6.06. The molecule has 0 unspecified atom stereocenters. The summed E-state index contributed by atoms with van der Waals surface area (Å²) >= 11 is 0. The van der Waals surface area contributed by atoms with E-state index in [4.69, 9.17) is 4.74 Å². The lowest BCUT2D eigenvalue weighted by Crippen LogP contribution is -2.41. The Bertz CT molecular complexity index is 879. The number of fused-ring (bicyclic) bond motifs is 2. The lowest BCUT2D eigenvalue weighted by Gasteiger charge is -2.12. The van der Waals surface area contributed by atoms with Crippen molar-refractivity contribution in [2.24, 2.45) is 0 Å². The van der Waals surface area contributed by atoms with Crippen molar-refractivity contribution in [2.45, 2.75) is 39.0 Å². The van der Waals surface area contributed by atoms with Gasteiger partial charge in [-0.1, -0.05) is 31.5 Å². The summed E-state index contributed by atoms with van der Waals surface area (Å²) in [5, 5.41) is 5.45. The highest BCUT2D eigenvalue weighted by Gasteiger charge is 2.25. The molecule has 1 heterocycles. The molecule has 0 bridgehead atoms. The van der Waals surface area contributed by atoms with E-state index >= 15 is 0 Å². The van der Waals surface area contributed by atoms with E-state index in [1.807, 2.05) is 31.2 Å². The van der Waals surface area contributed by atoms with E-state index in [2.05, 4.69) is 15.6 Å². The molecular formula is C20H23N3O4. The molecule has 7 heteroatoms. The van der Waals surface area contributed by atoms with Crippen LogP contribution in [0.1, 0.15) is 47.8 Å². The van der Waals surface area contributed by atoms with Gasteiger partial charge in [-0.15, -0.1) is 0 Å². The van der Waals surface area contributed by atoms with Gasteiger partial charge in [-0.2, -0.15) is 0 Å². The van der Waals surface area contributed by atoms with Crippen LogP contribution in [0.2, 0.25) is 0 Å². The molecule has 1 aromatic heterocycles. The molecule has 7 nitrogen and oxygen atoms in total. The summed E-state index contributed by atoms with van der Waals surface area (Å²) in [5.41, 5.74) is 3.04. The first-order valence-corrected chi connectivity index (χ1v) is 9.25. The Morgan fingerprint density at radius 1 is 1.19 bits per heavy atom. The van der Waals surface area contributed by atoms with Crippen LogP contribution >= 0.6 is 0 Å². The molecule has 1 aliphatic rings. The fraction of sp³-hybridized carbons (Fsp3) is 0.400. The Labute approximate surface area is 157 Å². The number of imide groups is 1. The van der Waals surface area contributed by atoms with Gasteiger partial charge in [-0.25, -0.2) is 9.59 Å². The van der Waals surface area contributed by atoms with Crippen LogP contribution in [0.5, 0.6) is 0 Å². The maximum absolute atomic E-state index is 12.7. The molecule has 1 aromatic carbocycles. The number of amides is 3. The number of unbranched alkanes of at least 4 members (excludes halogenated alkanes) is 1. The third kappa shape index (κ3) is 4.42. The molecule has 0 radical (unpaired) electrons. The van der Waals surface area contributed by atoms with Gasteiger partial charge in [0, 0.05) is 17.6 Å². The Morgan fingerprint density at radius 3 is 2.81 bits per heavy atom. The average molecular weight is 369 g/mol. The van der Waals surface area contributed by atoms with Gasteiger partial charge in [0.15, 0.2) is 6.61 Å². The maximum Gasteiger partial charge on any atom is 0.339 e. The summed E-state index contributed by atoms with van der Waals surface area (Å²) in [4.78, 5) is 40.8. The second kappa shape index (κ2) is 8.62. The van der Waals surface area contributed by atoms with Crippen LogP contribution in [-0.4, -0.2) is 36.0 Å². The smallest absolute Gasteiger partial charge is 0.339 e. The van der Waals surface area contributed by atoms with Crippen LogP contribution in [-0.2, 0) is 22.4 Å². The zero-order valence-electron chi connectivity index (χ0n) is 15.3. The minimum Gasteiger partial charge on any atom is -0.452 e. The number of rotatable bonds is 6. The molecule has 2 aromatic rings. The number of esters is 1. The van der Waals surface area contributed by atoms with Crippen molar-refractivity contribution in [1.29, 1.82) is 0 Å². The third-order valence-electron chi connectivity index (χ3n) is 4.53. The van der Waals surface area contributed by atoms with E-state index in [1.54, 1.807) is 0 Å². The summed E-state index contributed by atoms with van der Waals surface area (Å²) in [5.74, 6) is -1.22. The van der Waals surface area contributed by atoms with Gasteiger partial charge >= 0.3 is 12.0 Å². The molecule has 0 fully saturated rings. The lowest BCUT2D eigenvalue weighted by molar-refractivity contribution is -0.123. The van der Waals surface area contributed by atoms with Crippen molar-refractivity contribution >= 4 is 28.8 Å². The van der Waals surface area contributed by atoms with Gasteiger partial charge in [-0.05, 0) is 37.3 Å². The summed E-state index contributed by atoms with van der Waals surface area (Å²) < 4.78 is 5.19. The van der Waals surface area contributed by atoms with E-state index < -0.39 is 24.5 Å². The molecule has 3 rings (SSSR count). The van der Waals surface area contributed by atoms with Crippen molar-refractivity contribution in [3.05, 3.63) is 41.1 Å². The van der Waals surface area contributed by atoms with Crippen molar-refractivity contribution in [1.82, 2.24) is 15.6 Å². The van der Waals surface area contributed by atoms with E-state index in [0.29, 0.717) is 12.1 Å². The Hall–Kier alpha value is -2.96. The topological polar surface area (TPSA) is 97.4 Å². The minimum absolute atomic E-state index is 0.480. The number of para-hydroxylation sites is 1. The van der Waals surface area contributed by atoms with Crippen LogP contribution in [0.4, 0.5) is 4.79 Å². The molecule has 1 aliphatic carbocycles. The number of aromatic nitrogens is 1. The summed E-state index contributed by atoms with van der Waals surface area (Å²) in [7, 11) is 0. The van der Waals surface area contributed by atoms with Gasteiger partial charge in [-0.3, -0.25) is 15.1 Å². The van der Waals surface area contributed by atoms with Crippen LogP contribution < -0.4 is 10.6 Å². The van der Waals surface area contributed by atoms with Gasteiger partial charge in [0.25, 0.3) is 5.91 Å². The van der Waals surface area contributed by atoms with Gasteiger partial charge < -0.3 is 10.1 Å². The number of carbonyl (C=O) groups excluding carboxylic acids is 3. The molecule has 0 saturated heterocycles. The molecule has 27 heavy (non-hydrogen) atoms. The minimum atomic E-state index is -0.660. The molecule has 0 saturated carbocycles. The Morgan fingerprint density at radius 2 is 2.00 bits per heavy atom. The van der Waals surface area contributed by atoms with E-state index in [-0.39, 0.29) is 0 Å². The summed E-state index contributed by atoms with van der Waals surface area (Å²) in [6.07, 6.45) is 4.31. The zero-order valence-corrected chi connectivity index (χ0v) is 15.3. The Kier molecular flexibility index (Phi) is 6.01. The summed E-state index contributed by atoms with van der Waals surface area (Å²) in [6.45, 7) is 1.99. The first-order valence-electron chi connectivity index (χ1n) is 9.25. The molecule has 0 atom stereocenters. The molecule has 0 spiro atoms. The largest absolute Gasteiger partial charge is 0.452 e. The number of nitrogens with one attached hydrogen (secondary N) is 2. The molecule has 2 N–H and O–H groups in total. The molecular weight excluding hydrogens is 346 g/mol. The number of benzene rings is 1. The predicted octanol–water partition coefficient (Wildman–Crippen LogP) is 2.51. The molecule has 3 amide bonds. The van der Waals surface area contributed by atoms with E-state index in [0.717, 1.165) is 54.3 Å². The number of urea groups is 1. The molecule has 142 valence electrons. The first-order chi connectivity index (χ1) is 13.1. The van der Waals surface area contributed by atoms with Crippen molar-refractivity contribution in [2.75, 3.05) is 13.2 Å². The maximum atomic E-state index is 12.7. The zero-order chi connectivity index (χ0) is 19.2. The third-order valence-corrected chi connectivity index (χ3v) is 4.53. The lowest BCUT2D eigenvalue weighted by atomic mass is 10.0. The van der Waals surface area contributed by atoms with Crippen molar-refractivity contribution in [3.63, 3.8) is 0 Å². The fourth-order valence-corrected chi connectivity index (χ4v) is 3.23. The van der Waals surface area contributed by atoms with Gasteiger partial charge in [0.2, 0.25) is 0 Å². The number of hydrogen-bond acceptors (Lipinski definition) is 5. The Balaban J connectivity index is 1.67. The van der Waals surface area contributed by atoms with Crippen LogP contribution in [0.3, 0.4) is 0 Å². The number of hydrogen-bond donors (Lipinski definition) is 2. The standard InChI is InChI=1S/C20H23N3O4/c1-2-3-11-21-20(26)23-17(24)12-27-19(25)18-13-7-4-5-9-15(13)22-16-10-6-8-14(16)18/h4-5,7,9H,2-3,6,8,10-12H2,1H3,(H2,21,23,24,26). The van der Waals surface area contributed by atoms with Crippen molar-refractivity contribution < 1.29 is 19.1 Å². The number of carbonyl (C=O) groups is 3. The number of ether oxygens (including phenoxy) is 1.